The van der Waals surface area contributed by atoms with Crippen LogP contribution in [-0.4, -0.2) is 53.1 Å². The Balaban J connectivity index is 1.62. The second-order valence-corrected chi connectivity index (χ2v) is 10.0. The van der Waals surface area contributed by atoms with Crippen molar-refractivity contribution in [2.75, 3.05) is 13.7 Å². The van der Waals surface area contributed by atoms with Gasteiger partial charge < -0.3 is 20.9 Å². The van der Waals surface area contributed by atoms with Crippen molar-refractivity contribution in [2.24, 2.45) is 10.7 Å². The van der Waals surface area contributed by atoms with Gasteiger partial charge in [0.05, 0.1) is 30.1 Å². The van der Waals surface area contributed by atoms with Crippen molar-refractivity contribution >= 4 is 17.8 Å². The van der Waals surface area contributed by atoms with E-state index in [9.17, 15) is 14.7 Å². The molecular formula is C29H38N4O4. The van der Waals surface area contributed by atoms with E-state index in [-0.39, 0.29) is 17.8 Å². The number of benzene rings is 2. The van der Waals surface area contributed by atoms with Gasteiger partial charge in [-0.25, -0.2) is 4.99 Å². The third kappa shape index (κ3) is 5.55. The maximum absolute atomic E-state index is 13.4. The van der Waals surface area contributed by atoms with Crippen molar-refractivity contribution in [3.63, 3.8) is 0 Å². The van der Waals surface area contributed by atoms with Gasteiger partial charge >= 0.3 is 0 Å². The Bertz CT molecular complexity index is 1160. The molecule has 4 N–H and O–H groups in total. The molecule has 2 aromatic rings. The average molecular weight is 507 g/mol. The van der Waals surface area contributed by atoms with Gasteiger partial charge in [0.1, 0.15) is 0 Å². The van der Waals surface area contributed by atoms with E-state index in [0.29, 0.717) is 31.4 Å². The molecule has 1 aliphatic carbocycles. The van der Waals surface area contributed by atoms with Crippen molar-refractivity contribution in [3.05, 3.63) is 70.8 Å². The van der Waals surface area contributed by atoms with E-state index < -0.39 is 23.7 Å². The number of fused-ring (bicyclic) bond motifs is 1. The zero-order valence-electron chi connectivity index (χ0n) is 21.9. The molecule has 1 aliphatic heterocycles. The standard InChI is InChI=1S/C29H38N4O4/c1-4-29(5-2)18-25(35)33(28(30)32-29)23(15-16-37-3)20-10-8-11-21(17-20)27(36)31-26-22-12-7-6-9-19(22)13-14-24(26)34/h6-12,17,23-24,26,34H,4-5,13-16,18H2,1-3H3,(H2,30,32)(H,31,36)/t23-,24?,26?/m1/s1. The Morgan fingerprint density at radius 1 is 1.24 bits per heavy atom. The van der Waals surface area contributed by atoms with Crippen molar-refractivity contribution in [2.45, 2.75) is 76.1 Å². The molecule has 2 aliphatic rings. The summed E-state index contributed by atoms with van der Waals surface area (Å²) >= 11 is 0. The number of hydrogen-bond acceptors (Lipinski definition) is 6. The average Bonchev–Trinajstić information content (AvgIpc) is 2.91. The predicted octanol–water partition coefficient (Wildman–Crippen LogP) is 3.65. The van der Waals surface area contributed by atoms with Crippen LogP contribution >= 0.6 is 0 Å². The minimum Gasteiger partial charge on any atom is -0.391 e. The lowest BCUT2D eigenvalue weighted by molar-refractivity contribution is -0.131. The smallest absolute Gasteiger partial charge is 0.251 e. The summed E-state index contributed by atoms with van der Waals surface area (Å²) < 4.78 is 5.34. The summed E-state index contributed by atoms with van der Waals surface area (Å²) in [5.74, 6) is -0.150. The molecular weight excluding hydrogens is 468 g/mol. The zero-order chi connectivity index (χ0) is 26.6. The third-order valence-electron chi connectivity index (χ3n) is 7.88. The highest BCUT2D eigenvalue weighted by atomic mass is 16.5. The molecule has 0 saturated heterocycles. The number of ether oxygens (including phenoxy) is 1. The summed E-state index contributed by atoms with van der Waals surface area (Å²) in [4.78, 5) is 33.0. The van der Waals surface area contributed by atoms with Gasteiger partial charge in [-0.1, -0.05) is 50.2 Å². The number of hydrogen-bond donors (Lipinski definition) is 3. The van der Waals surface area contributed by atoms with E-state index in [1.807, 2.05) is 44.2 Å². The first kappa shape index (κ1) is 26.8. The van der Waals surface area contributed by atoms with Crippen LogP contribution in [0, 0.1) is 0 Å². The van der Waals surface area contributed by atoms with Gasteiger partial charge in [-0.2, -0.15) is 0 Å². The first-order valence-corrected chi connectivity index (χ1v) is 13.2. The van der Waals surface area contributed by atoms with Crippen LogP contribution in [0.2, 0.25) is 0 Å². The highest BCUT2D eigenvalue weighted by Gasteiger charge is 2.40. The van der Waals surface area contributed by atoms with Gasteiger partial charge in [-0.15, -0.1) is 0 Å². The molecule has 0 radical (unpaired) electrons. The van der Waals surface area contributed by atoms with Crippen molar-refractivity contribution < 1.29 is 19.4 Å². The molecule has 2 amide bonds. The Morgan fingerprint density at radius 3 is 2.70 bits per heavy atom. The van der Waals surface area contributed by atoms with Crippen LogP contribution in [0.25, 0.3) is 0 Å². The summed E-state index contributed by atoms with van der Waals surface area (Å²) in [7, 11) is 1.61. The fraction of sp³-hybridized carbons (Fsp3) is 0.483. The fourth-order valence-electron chi connectivity index (χ4n) is 5.53. The number of methoxy groups -OCH3 is 1. The normalized spacial score (nSPS) is 21.7. The summed E-state index contributed by atoms with van der Waals surface area (Å²) in [6.07, 6.45) is 2.98. The number of aryl methyl sites for hydroxylation is 1. The zero-order valence-corrected chi connectivity index (χ0v) is 21.9. The largest absolute Gasteiger partial charge is 0.391 e. The van der Waals surface area contributed by atoms with Gasteiger partial charge in [0.2, 0.25) is 5.91 Å². The maximum Gasteiger partial charge on any atom is 0.251 e. The predicted molar refractivity (Wildman–Crippen MR) is 143 cm³/mol. The molecule has 0 spiro atoms. The second kappa shape index (κ2) is 11.4. The van der Waals surface area contributed by atoms with Crippen LogP contribution in [0.15, 0.2) is 53.5 Å². The minimum absolute atomic E-state index is 0.0749. The van der Waals surface area contributed by atoms with Gasteiger partial charge in [0.15, 0.2) is 5.96 Å². The fourth-order valence-corrected chi connectivity index (χ4v) is 5.53. The minimum atomic E-state index is -0.657. The van der Waals surface area contributed by atoms with E-state index in [1.54, 1.807) is 30.2 Å². The summed E-state index contributed by atoms with van der Waals surface area (Å²) in [5.41, 5.74) is 9.24. The Labute approximate surface area is 218 Å². The topological polar surface area (TPSA) is 117 Å². The number of nitrogens with one attached hydrogen (secondary N) is 1. The van der Waals surface area contributed by atoms with Crippen LogP contribution in [0.3, 0.4) is 0 Å². The molecule has 37 heavy (non-hydrogen) atoms. The number of nitrogens with zero attached hydrogens (tertiary/aromatic N) is 2. The molecule has 0 bridgehead atoms. The molecule has 2 unspecified atom stereocenters. The molecule has 0 aromatic heterocycles. The quantitative estimate of drug-likeness (QED) is 0.480. The summed E-state index contributed by atoms with van der Waals surface area (Å²) in [6, 6.07) is 14.2. The second-order valence-electron chi connectivity index (χ2n) is 10.0. The van der Waals surface area contributed by atoms with Crippen LogP contribution in [0.1, 0.15) is 85.1 Å². The Kier molecular flexibility index (Phi) is 8.29. The molecule has 198 valence electrons. The number of aliphatic hydroxyl groups is 1. The van der Waals surface area contributed by atoms with E-state index in [4.69, 9.17) is 15.5 Å². The molecule has 8 nitrogen and oxygen atoms in total. The molecule has 2 aromatic carbocycles. The Morgan fingerprint density at radius 2 is 2.00 bits per heavy atom. The lowest BCUT2D eigenvalue weighted by atomic mass is 9.85. The van der Waals surface area contributed by atoms with E-state index in [2.05, 4.69) is 5.32 Å². The first-order valence-electron chi connectivity index (χ1n) is 13.2. The molecule has 4 rings (SSSR count). The van der Waals surface area contributed by atoms with Gasteiger partial charge in [0, 0.05) is 19.3 Å². The number of aliphatic imine (C=N–C) groups is 1. The number of amides is 2. The first-order chi connectivity index (χ1) is 17.8. The van der Waals surface area contributed by atoms with Gasteiger partial charge in [-0.05, 0) is 60.9 Å². The molecule has 0 saturated carbocycles. The maximum atomic E-state index is 13.4. The number of carbonyl (C=O) groups excluding carboxylic acids is 2. The third-order valence-corrected chi connectivity index (χ3v) is 7.88. The molecule has 1 heterocycles. The highest BCUT2D eigenvalue weighted by molar-refractivity contribution is 6.00. The number of rotatable bonds is 9. The van der Waals surface area contributed by atoms with Gasteiger partial charge in [0.25, 0.3) is 5.91 Å². The highest BCUT2D eigenvalue weighted by Crippen LogP contribution is 2.35. The molecule has 8 heteroatoms. The monoisotopic (exact) mass is 506 g/mol. The lowest BCUT2D eigenvalue weighted by Gasteiger charge is -2.40. The number of aliphatic hydroxyl groups excluding tert-OH is 1. The molecule has 0 fully saturated rings. The lowest BCUT2D eigenvalue weighted by Crippen LogP contribution is -2.52. The number of nitrogens with two attached hydrogens (primary N) is 1. The van der Waals surface area contributed by atoms with E-state index >= 15 is 0 Å². The van der Waals surface area contributed by atoms with E-state index in [0.717, 1.165) is 36.0 Å². The van der Waals surface area contributed by atoms with Crippen molar-refractivity contribution in [1.29, 1.82) is 0 Å². The van der Waals surface area contributed by atoms with Crippen molar-refractivity contribution in [3.8, 4) is 0 Å². The number of guanidine groups is 1. The summed E-state index contributed by atoms with van der Waals surface area (Å²) in [6.45, 7) is 4.46. The van der Waals surface area contributed by atoms with Crippen LogP contribution in [0.5, 0.6) is 0 Å². The summed E-state index contributed by atoms with van der Waals surface area (Å²) in [5, 5.41) is 13.7. The number of carbonyl (C=O) groups is 2. The van der Waals surface area contributed by atoms with Crippen LogP contribution in [-0.2, 0) is 16.0 Å². The van der Waals surface area contributed by atoms with Gasteiger partial charge in [-0.3, -0.25) is 14.5 Å². The van der Waals surface area contributed by atoms with Crippen LogP contribution in [0.4, 0.5) is 0 Å². The van der Waals surface area contributed by atoms with E-state index in [1.165, 1.54) is 0 Å². The van der Waals surface area contributed by atoms with Crippen LogP contribution < -0.4 is 11.1 Å². The van der Waals surface area contributed by atoms with Crippen molar-refractivity contribution in [1.82, 2.24) is 10.2 Å². The SMILES string of the molecule is CCC1(CC)CC(=O)N([C@H](CCOC)c2cccc(C(=O)NC3c4ccccc4CCC3O)c2)C(N)=N1. The molecule has 3 atom stereocenters. The Hall–Kier alpha value is -3.23.